The molecule has 0 aliphatic carbocycles. The molecule has 1 amide bonds. The van der Waals surface area contributed by atoms with Crippen LogP contribution in [0.25, 0.3) is 0 Å². The number of thioether (sulfide) groups is 1. The minimum atomic E-state index is 0.189. The highest BCUT2D eigenvalue weighted by Gasteiger charge is 2.21. The predicted molar refractivity (Wildman–Crippen MR) is 69.1 cm³/mol. The van der Waals surface area contributed by atoms with Gasteiger partial charge in [0.15, 0.2) is 0 Å². The Hall–Kier alpha value is -0.960. The Morgan fingerprint density at radius 1 is 1.44 bits per heavy atom. The zero-order chi connectivity index (χ0) is 11.7. The van der Waals surface area contributed by atoms with Crippen molar-refractivity contribution in [3.05, 3.63) is 23.8 Å². The highest BCUT2D eigenvalue weighted by Crippen LogP contribution is 2.35. The molecule has 1 aromatic carbocycles. The second kappa shape index (κ2) is 4.50. The number of anilines is 1. The van der Waals surface area contributed by atoms with Crippen molar-refractivity contribution >= 4 is 23.4 Å². The van der Waals surface area contributed by atoms with Gasteiger partial charge in [0.25, 0.3) is 0 Å². The van der Waals surface area contributed by atoms with Gasteiger partial charge in [-0.2, -0.15) is 0 Å². The van der Waals surface area contributed by atoms with Crippen LogP contribution in [0.1, 0.15) is 19.4 Å². The van der Waals surface area contributed by atoms with Crippen LogP contribution in [0.5, 0.6) is 0 Å². The largest absolute Gasteiger partial charge is 0.314 e. The van der Waals surface area contributed by atoms with Gasteiger partial charge in [-0.1, -0.05) is 19.9 Å². The molecule has 2 rings (SSSR count). The molecule has 0 saturated heterocycles. The fourth-order valence-corrected chi connectivity index (χ4v) is 2.98. The second-order valence-corrected chi connectivity index (χ2v) is 5.66. The molecule has 2 nitrogen and oxygen atoms in total. The Balaban J connectivity index is 2.30. The molecule has 0 N–H and O–H groups in total. The van der Waals surface area contributed by atoms with Gasteiger partial charge in [0.05, 0.1) is 11.4 Å². The summed E-state index contributed by atoms with van der Waals surface area (Å²) in [6.45, 7) is 4.45. The van der Waals surface area contributed by atoms with E-state index in [0.29, 0.717) is 11.7 Å². The number of benzene rings is 1. The van der Waals surface area contributed by atoms with Crippen LogP contribution in [0, 0.1) is 5.92 Å². The minimum Gasteiger partial charge on any atom is -0.314 e. The van der Waals surface area contributed by atoms with Gasteiger partial charge in [0, 0.05) is 11.9 Å². The van der Waals surface area contributed by atoms with Gasteiger partial charge in [-0.05, 0) is 30.0 Å². The van der Waals surface area contributed by atoms with Crippen molar-refractivity contribution in [2.75, 3.05) is 17.7 Å². The van der Waals surface area contributed by atoms with Gasteiger partial charge in [-0.15, -0.1) is 11.8 Å². The smallest absolute Gasteiger partial charge is 0.237 e. The van der Waals surface area contributed by atoms with Gasteiger partial charge in [0.1, 0.15) is 0 Å². The van der Waals surface area contributed by atoms with E-state index in [1.165, 1.54) is 10.5 Å². The van der Waals surface area contributed by atoms with E-state index < -0.39 is 0 Å². The fraction of sp³-hybridized carbons (Fsp3) is 0.462. The van der Waals surface area contributed by atoms with Crippen molar-refractivity contribution in [3.8, 4) is 0 Å². The lowest BCUT2D eigenvalue weighted by Gasteiger charge is -2.25. The van der Waals surface area contributed by atoms with E-state index in [9.17, 15) is 4.79 Å². The third-order valence-corrected chi connectivity index (χ3v) is 3.78. The van der Waals surface area contributed by atoms with Crippen LogP contribution in [0.3, 0.4) is 0 Å². The lowest BCUT2D eigenvalue weighted by atomic mass is 10.0. The Bertz CT molecular complexity index is 414. The standard InChI is InChI=1S/C13H17NOS/c1-9(2)6-10-4-5-11-12(7-10)16-8-13(15)14(11)3/h4-5,7,9H,6,8H2,1-3H3. The van der Waals surface area contributed by atoms with Gasteiger partial charge in [0.2, 0.25) is 5.91 Å². The molecule has 1 heterocycles. The average molecular weight is 235 g/mol. The summed E-state index contributed by atoms with van der Waals surface area (Å²) in [7, 11) is 1.85. The summed E-state index contributed by atoms with van der Waals surface area (Å²) < 4.78 is 0. The normalized spacial score (nSPS) is 15.5. The van der Waals surface area contributed by atoms with Crippen molar-refractivity contribution in [1.82, 2.24) is 0 Å². The zero-order valence-corrected chi connectivity index (χ0v) is 10.8. The van der Waals surface area contributed by atoms with E-state index in [0.717, 1.165) is 12.1 Å². The molecule has 0 atom stereocenters. The maximum Gasteiger partial charge on any atom is 0.237 e. The highest BCUT2D eigenvalue weighted by atomic mass is 32.2. The first-order valence-corrected chi connectivity index (χ1v) is 6.59. The second-order valence-electron chi connectivity index (χ2n) is 4.64. The molecule has 0 saturated carbocycles. The van der Waals surface area contributed by atoms with E-state index in [4.69, 9.17) is 0 Å². The van der Waals surface area contributed by atoms with Gasteiger partial charge >= 0.3 is 0 Å². The lowest BCUT2D eigenvalue weighted by molar-refractivity contribution is -0.116. The Labute approximate surface area is 101 Å². The number of nitrogens with zero attached hydrogens (tertiary/aromatic N) is 1. The molecule has 0 spiro atoms. The van der Waals surface area contributed by atoms with Crippen molar-refractivity contribution in [1.29, 1.82) is 0 Å². The molecule has 1 aromatic rings. The van der Waals surface area contributed by atoms with Gasteiger partial charge in [-0.3, -0.25) is 4.79 Å². The number of rotatable bonds is 2. The van der Waals surface area contributed by atoms with Crippen molar-refractivity contribution in [3.63, 3.8) is 0 Å². The molecule has 0 fully saturated rings. The number of fused-ring (bicyclic) bond motifs is 1. The Morgan fingerprint density at radius 3 is 2.88 bits per heavy atom. The Morgan fingerprint density at radius 2 is 2.19 bits per heavy atom. The van der Waals surface area contributed by atoms with Crippen LogP contribution in [0.15, 0.2) is 23.1 Å². The number of carbonyl (C=O) groups is 1. The number of carbonyl (C=O) groups excluding carboxylic acids is 1. The summed E-state index contributed by atoms with van der Waals surface area (Å²) in [4.78, 5) is 14.5. The van der Waals surface area contributed by atoms with Crippen LogP contribution < -0.4 is 4.90 Å². The molecule has 16 heavy (non-hydrogen) atoms. The van der Waals surface area contributed by atoms with Crippen LogP contribution >= 0.6 is 11.8 Å². The van der Waals surface area contributed by atoms with Crippen LogP contribution in [0.2, 0.25) is 0 Å². The van der Waals surface area contributed by atoms with Crippen LogP contribution in [-0.2, 0) is 11.2 Å². The summed E-state index contributed by atoms with van der Waals surface area (Å²) in [5, 5.41) is 0. The van der Waals surface area contributed by atoms with Crippen molar-refractivity contribution in [2.45, 2.75) is 25.2 Å². The van der Waals surface area contributed by atoms with Crippen molar-refractivity contribution in [2.24, 2.45) is 5.92 Å². The number of hydrogen-bond donors (Lipinski definition) is 0. The average Bonchev–Trinajstić information content (AvgIpc) is 2.23. The molecule has 1 aliphatic heterocycles. The van der Waals surface area contributed by atoms with E-state index >= 15 is 0 Å². The maximum absolute atomic E-state index is 11.5. The summed E-state index contributed by atoms with van der Waals surface area (Å²) in [5.74, 6) is 1.43. The molecule has 1 aliphatic rings. The van der Waals surface area contributed by atoms with Gasteiger partial charge in [-0.25, -0.2) is 0 Å². The number of amides is 1. The molecule has 86 valence electrons. The first kappa shape index (κ1) is 11.5. The third kappa shape index (κ3) is 2.24. The predicted octanol–water partition coefficient (Wildman–Crippen LogP) is 2.95. The molecule has 3 heteroatoms. The first-order valence-electron chi connectivity index (χ1n) is 5.60. The minimum absolute atomic E-state index is 0.189. The highest BCUT2D eigenvalue weighted by molar-refractivity contribution is 8.00. The maximum atomic E-state index is 11.5. The lowest BCUT2D eigenvalue weighted by Crippen LogP contribution is -2.31. The summed E-state index contributed by atoms with van der Waals surface area (Å²) in [5.41, 5.74) is 2.41. The number of hydrogen-bond acceptors (Lipinski definition) is 2. The summed E-state index contributed by atoms with van der Waals surface area (Å²) in [6.07, 6.45) is 1.10. The monoisotopic (exact) mass is 235 g/mol. The third-order valence-electron chi connectivity index (χ3n) is 2.75. The van der Waals surface area contributed by atoms with E-state index in [1.54, 1.807) is 16.7 Å². The van der Waals surface area contributed by atoms with E-state index in [2.05, 4.69) is 32.0 Å². The van der Waals surface area contributed by atoms with Crippen LogP contribution in [0.4, 0.5) is 5.69 Å². The molecular weight excluding hydrogens is 218 g/mol. The fourth-order valence-electron chi connectivity index (χ4n) is 1.92. The Kier molecular flexibility index (Phi) is 3.24. The first-order chi connectivity index (χ1) is 7.58. The molecule has 0 bridgehead atoms. The molecule has 0 aromatic heterocycles. The summed E-state index contributed by atoms with van der Waals surface area (Å²) >= 11 is 1.65. The van der Waals surface area contributed by atoms with Crippen LogP contribution in [-0.4, -0.2) is 18.7 Å². The zero-order valence-electron chi connectivity index (χ0n) is 9.99. The van der Waals surface area contributed by atoms with E-state index in [-0.39, 0.29) is 5.91 Å². The quantitative estimate of drug-likeness (QED) is 0.785. The molecule has 0 unspecified atom stereocenters. The molecule has 0 radical (unpaired) electrons. The van der Waals surface area contributed by atoms with E-state index in [1.807, 2.05) is 7.05 Å². The summed E-state index contributed by atoms with van der Waals surface area (Å²) in [6, 6.07) is 6.43. The molecular formula is C13H17NOS. The van der Waals surface area contributed by atoms with Gasteiger partial charge < -0.3 is 4.90 Å². The SMILES string of the molecule is CC(C)Cc1ccc2c(c1)SCC(=O)N2C. The van der Waals surface area contributed by atoms with Crippen molar-refractivity contribution < 1.29 is 4.79 Å². The topological polar surface area (TPSA) is 20.3 Å².